The van der Waals surface area contributed by atoms with E-state index in [0.29, 0.717) is 0 Å². The summed E-state index contributed by atoms with van der Waals surface area (Å²) in [4.78, 5) is 65.3. The van der Waals surface area contributed by atoms with Crippen LogP contribution in [-0.4, -0.2) is 140 Å². The van der Waals surface area contributed by atoms with Gasteiger partial charge in [0.15, 0.2) is 35.2 Å². The number of nitrogen functional groups attached to an aromatic ring is 1. The average molecular weight is 610 g/mol. The molecule has 2 saturated heterocycles. The van der Waals surface area contributed by atoms with E-state index >= 15 is 0 Å². The van der Waals surface area contributed by atoms with Gasteiger partial charge in [-0.15, -0.1) is 0 Å². The molecule has 0 aromatic carbocycles. The van der Waals surface area contributed by atoms with Crippen LogP contribution in [0.15, 0.2) is 24.6 Å². The van der Waals surface area contributed by atoms with Gasteiger partial charge in [-0.05, 0) is 0 Å². The van der Waals surface area contributed by atoms with Gasteiger partial charge in [0.2, 0.25) is 11.9 Å². The van der Waals surface area contributed by atoms with Crippen molar-refractivity contribution in [1.29, 1.82) is 0 Å². The van der Waals surface area contributed by atoms with Gasteiger partial charge in [0.05, 0.1) is 13.2 Å². The van der Waals surface area contributed by atoms with Gasteiger partial charge in [0.1, 0.15) is 36.6 Å². The Morgan fingerprint density at radius 2 is 1.44 bits per heavy atom. The first-order valence-corrected chi connectivity index (χ1v) is 12.4. The molecule has 0 aliphatic carbocycles. The van der Waals surface area contributed by atoms with Crippen LogP contribution in [0.3, 0.4) is 0 Å². The van der Waals surface area contributed by atoms with Crippen molar-refractivity contribution in [2.45, 2.75) is 49.1 Å². The predicted molar refractivity (Wildman–Crippen MR) is 140 cm³/mol. The zero-order chi connectivity index (χ0) is 31.5. The highest BCUT2D eigenvalue weighted by Crippen LogP contribution is 2.30. The van der Waals surface area contributed by atoms with Crippen LogP contribution in [0.25, 0.3) is 11.2 Å². The van der Waals surface area contributed by atoms with Crippen molar-refractivity contribution in [2.75, 3.05) is 18.9 Å². The lowest BCUT2D eigenvalue weighted by Gasteiger charge is -2.26. The molecule has 0 unspecified atom stereocenters. The molecular weight excluding hydrogens is 584 g/mol. The number of ether oxygens (including phenoxy) is 2. The number of nitrogens with two attached hydrogens (primary N) is 2. The summed E-state index contributed by atoms with van der Waals surface area (Å²) < 4.78 is 12.5. The number of fused-ring (bicyclic) bond motifs is 2. The minimum atomic E-state index is -1.50. The highest BCUT2D eigenvalue weighted by Gasteiger charge is 2.52. The van der Waals surface area contributed by atoms with Gasteiger partial charge in [-0.1, -0.05) is 0 Å². The van der Waals surface area contributed by atoms with E-state index in [2.05, 4.69) is 24.9 Å². The highest BCUT2D eigenvalue weighted by atomic mass is 16.6. The monoisotopic (exact) mass is 610 g/mol. The number of nitrogens with zero attached hydrogens (tertiary/aromatic N) is 7. The molecule has 6 heterocycles. The fourth-order valence-corrected chi connectivity index (χ4v) is 4.88. The Balaban J connectivity index is 0.000000171. The van der Waals surface area contributed by atoms with E-state index in [1.165, 1.54) is 7.05 Å². The van der Waals surface area contributed by atoms with E-state index < -0.39 is 85.5 Å². The number of aromatic nitrogens is 4. The quantitative estimate of drug-likeness (QED) is 0.155. The number of rotatable bonds is 4. The largest absolute Gasteiger partial charge is 0.394 e. The van der Waals surface area contributed by atoms with Gasteiger partial charge in [-0.3, -0.25) is 19.1 Å². The van der Waals surface area contributed by atoms with Crippen molar-refractivity contribution in [3.8, 4) is 0 Å². The van der Waals surface area contributed by atoms with E-state index in [1.54, 1.807) is 0 Å². The zero-order valence-corrected chi connectivity index (χ0v) is 22.0. The number of aromatic amines is 1. The van der Waals surface area contributed by atoms with Crippen LogP contribution in [0, 0.1) is 0 Å². The predicted octanol–water partition coefficient (Wildman–Crippen LogP) is -6.83. The molecule has 4 aliphatic heterocycles. The van der Waals surface area contributed by atoms with Gasteiger partial charge in [0, 0.05) is 7.05 Å². The number of H-pyrrole nitrogens is 1. The molecule has 2 fully saturated rings. The fourth-order valence-electron chi connectivity index (χ4n) is 4.88. The molecule has 3 amide bonds. The first kappa shape index (κ1) is 30.1. The zero-order valence-electron chi connectivity index (χ0n) is 22.0. The summed E-state index contributed by atoms with van der Waals surface area (Å²) in [6.07, 6.45) is -10.5. The molecule has 6 rings (SSSR count). The average Bonchev–Trinajstić information content (AvgIpc) is 3.60. The third-order valence-electron chi connectivity index (χ3n) is 6.99. The molecule has 11 N–H and O–H groups in total. The van der Waals surface area contributed by atoms with Crippen LogP contribution in [0.1, 0.15) is 6.23 Å². The number of carbonyl (C=O) groups is 2. The number of hydrogen-bond acceptors (Lipinski definition) is 16. The van der Waals surface area contributed by atoms with Crippen LogP contribution in [0.2, 0.25) is 0 Å². The third kappa shape index (κ3) is 4.80. The summed E-state index contributed by atoms with van der Waals surface area (Å²) in [6, 6.07) is -0.906. The van der Waals surface area contributed by atoms with E-state index in [9.17, 15) is 39.6 Å². The molecule has 232 valence electrons. The summed E-state index contributed by atoms with van der Waals surface area (Å²) in [7, 11) is 1.36. The van der Waals surface area contributed by atoms with Gasteiger partial charge in [-0.25, -0.2) is 19.1 Å². The molecule has 2 aromatic heterocycles. The molecule has 43 heavy (non-hydrogen) atoms. The second kappa shape index (κ2) is 11.0. The van der Waals surface area contributed by atoms with Gasteiger partial charge < -0.3 is 51.6 Å². The van der Waals surface area contributed by atoms with Crippen LogP contribution < -0.4 is 22.7 Å². The normalized spacial score (nSPS) is 32.0. The van der Waals surface area contributed by atoms with Crippen LogP contribution in [-0.2, 0) is 21.3 Å². The number of nitrogens with one attached hydrogen (secondary N) is 1. The minimum absolute atomic E-state index is 0.0445. The van der Waals surface area contributed by atoms with Crippen molar-refractivity contribution in [3.05, 3.63) is 20.8 Å². The smallest absolute Gasteiger partial charge is 0.352 e. The Labute approximate surface area is 237 Å². The number of amidine groups is 1. The van der Waals surface area contributed by atoms with E-state index in [1.807, 2.05) is 0 Å². The van der Waals surface area contributed by atoms with Crippen molar-refractivity contribution >= 4 is 46.6 Å². The molecule has 22 nitrogen and oxygen atoms in total. The van der Waals surface area contributed by atoms with Crippen molar-refractivity contribution in [2.24, 2.45) is 27.8 Å². The number of aliphatic hydroxyl groups excluding tert-OH is 6. The Kier molecular flexibility index (Phi) is 7.69. The maximum absolute atomic E-state index is 12.3. The minimum Gasteiger partial charge on any atom is -0.394 e. The summed E-state index contributed by atoms with van der Waals surface area (Å²) in [6.45, 7) is -1.09. The lowest BCUT2D eigenvalue weighted by Crippen LogP contribution is -2.50. The summed E-state index contributed by atoms with van der Waals surface area (Å²) in [5, 5.41) is 57.6. The van der Waals surface area contributed by atoms with Crippen LogP contribution >= 0.6 is 0 Å². The number of anilines is 1. The summed E-state index contributed by atoms with van der Waals surface area (Å²) in [5.41, 5.74) is 9.11. The highest BCUT2D eigenvalue weighted by molar-refractivity contribution is 6.72. The fraction of sp³-hybridized carbons (Fsp3) is 0.524. The molecule has 0 bridgehead atoms. The van der Waals surface area contributed by atoms with Gasteiger partial charge in [0.25, 0.3) is 5.56 Å². The lowest BCUT2D eigenvalue weighted by molar-refractivity contribution is -0.111. The van der Waals surface area contributed by atoms with Crippen molar-refractivity contribution < 1.29 is 49.7 Å². The molecule has 8 atom stereocenters. The van der Waals surface area contributed by atoms with E-state index in [0.717, 1.165) is 14.0 Å². The molecule has 4 aliphatic rings. The number of amides is 3. The van der Waals surface area contributed by atoms with Crippen molar-refractivity contribution in [3.63, 3.8) is 0 Å². The van der Waals surface area contributed by atoms with Crippen LogP contribution in [0.4, 0.5) is 10.7 Å². The number of aryl methyl sites for hydroxylation is 1. The first-order valence-electron chi connectivity index (χ1n) is 12.4. The lowest BCUT2D eigenvalue weighted by atomic mass is 10.1. The Morgan fingerprint density at radius 3 is 2.02 bits per heavy atom. The van der Waals surface area contributed by atoms with Crippen molar-refractivity contribution in [1.82, 2.24) is 24.0 Å². The summed E-state index contributed by atoms with van der Waals surface area (Å²) >= 11 is 0. The molecule has 2 aromatic rings. The molecule has 22 heteroatoms. The van der Waals surface area contributed by atoms with Crippen LogP contribution in [0.5, 0.6) is 0 Å². The molecule has 0 spiro atoms. The number of aliphatic hydroxyl groups is 6. The third-order valence-corrected chi connectivity index (χ3v) is 6.99. The molecule has 0 saturated carbocycles. The topological polar surface area (TPSA) is 339 Å². The SMILES string of the molecule is Cn1c(=O)n([C@@H]2O[C@H](CO)[C@@H](O)[C@H]2O)c2nc(N)[nH]c(=O)c21.NC1=NC(=O)C2=NC(=O)N([C@@H]3O[C@H](CO)[C@@H](O)[C@H]3O)C2=N1. The number of guanidine groups is 1. The number of aliphatic imine (C=N–C) groups is 3. The number of hydrogen-bond donors (Lipinski definition) is 9. The van der Waals surface area contributed by atoms with E-state index in [-0.39, 0.29) is 34.6 Å². The maximum atomic E-state index is 12.3. The number of carbonyl (C=O) groups excluding carboxylic acids is 2. The van der Waals surface area contributed by atoms with Gasteiger partial charge in [-0.2, -0.15) is 20.0 Å². The Morgan fingerprint density at radius 1 is 0.860 bits per heavy atom. The van der Waals surface area contributed by atoms with E-state index in [4.69, 9.17) is 31.2 Å². The molecule has 0 radical (unpaired) electrons. The summed E-state index contributed by atoms with van der Waals surface area (Å²) in [5.74, 6) is -1.60. The number of imidazole rings is 1. The molecular formula is C21H26N10O12. The Bertz CT molecular complexity index is 1690. The Hall–Kier alpha value is -4.42. The first-order chi connectivity index (χ1) is 20.3. The second-order valence-electron chi connectivity index (χ2n) is 9.62. The number of urea groups is 1. The van der Waals surface area contributed by atoms with Gasteiger partial charge >= 0.3 is 17.6 Å². The maximum Gasteiger partial charge on any atom is 0.352 e. The standard InChI is InChI=1S/C11H15N5O6.C10H11N5O6/c1-15-4-7(13-10(12)14-8(4)20)16(11(15)21)9-6(19)5(18)3(2-17)22-9;11-9-13-6-3(7(19)14-9)12-10(20)15(6)8-5(18)4(17)2(1-16)21-8/h3,5-6,9,17-19H,2H2,1H3,(H3,12,13,14,20);2,4-5,8,16-18H,1H2,(H2,11,14,19)/t3-,5-,6-,9-;2-,4-,5-,8-/m11/s1. The second-order valence-corrected chi connectivity index (χ2v) is 9.62.